The van der Waals surface area contributed by atoms with Crippen LogP contribution < -0.4 is 0 Å². The van der Waals surface area contributed by atoms with Gasteiger partial charge >= 0.3 is 18.0 Å². The predicted octanol–water partition coefficient (Wildman–Crippen LogP) is 6.81. The van der Waals surface area contributed by atoms with Crippen molar-refractivity contribution in [2.24, 2.45) is 5.92 Å². The number of nitrogens with zero attached hydrogens (tertiary/aromatic N) is 2. The van der Waals surface area contributed by atoms with Gasteiger partial charge in [0.2, 0.25) is 0 Å². The maximum Gasteiger partial charge on any atom is 0.434 e. The van der Waals surface area contributed by atoms with Gasteiger partial charge in [-0.2, -0.15) is 14.0 Å². The Morgan fingerprint density at radius 3 is 2.33 bits per heavy atom. The molecule has 2 aromatic rings. The molecule has 6 nitrogen and oxygen atoms in total. The van der Waals surface area contributed by atoms with Crippen LogP contribution in [-0.2, 0) is 19.9 Å². The van der Waals surface area contributed by atoms with E-state index in [0.29, 0.717) is 12.8 Å². The lowest BCUT2D eigenvalue weighted by Crippen LogP contribution is -2.58. The second-order valence-corrected chi connectivity index (χ2v) is 10.8. The van der Waals surface area contributed by atoms with Crippen LogP contribution in [0.5, 0.6) is 0 Å². The molecule has 12 heteroatoms. The van der Waals surface area contributed by atoms with Gasteiger partial charge in [-0.05, 0) is 41.7 Å². The summed E-state index contributed by atoms with van der Waals surface area (Å²) in [7, 11) is 0. The molecule has 39 heavy (non-hydrogen) atoms. The summed E-state index contributed by atoms with van der Waals surface area (Å²) in [6.45, 7) is 0. The third-order valence-corrected chi connectivity index (χ3v) is 8.51. The lowest BCUT2D eigenvalue weighted by atomic mass is 9.63. The van der Waals surface area contributed by atoms with Crippen molar-refractivity contribution in [2.75, 3.05) is 0 Å². The molecule has 1 aliphatic heterocycles. The molecule has 0 spiro atoms. The fourth-order valence-electron chi connectivity index (χ4n) is 6.33. The van der Waals surface area contributed by atoms with Gasteiger partial charge in [0.1, 0.15) is 17.3 Å². The van der Waals surface area contributed by atoms with Gasteiger partial charge < -0.3 is 5.11 Å². The van der Waals surface area contributed by atoms with E-state index in [0.717, 1.165) is 25.3 Å². The van der Waals surface area contributed by atoms with E-state index in [2.05, 4.69) is 11.0 Å². The highest BCUT2D eigenvalue weighted by Gasteiger charge is 2.71. The zero-order valence-corrected chi connectivity index (χ0v) is 21.9. The molecule has 2 fully saturated rings. The lowest BCUT2D eigenvalue weighted by molar-refractivity contribution is -0.245. The maximum atomic E-state index is 15.8. The monoisotopic (exact) mass is 586 g/mol. The van der Waals surface area contributed by atoms with Crippen LogP contribution in [0.2, 0.25) is 10.0 Å². The quantitative estimate of drug-likeness (QED) is 0.283. The highest BCUT2D eigenvalue weighted by molar-refractivity contribution is 6.31. The average molecular weight is 587 g/mol. The summed E-state index contributed by atoms with van der Waals surface area (Å²) in [5.74, 6) is -7.63. The Morgan fingerprint density at radius 1 is 1.13 bits per heavy atom. The van der Waals surface area contributed by atoms with E-state index in [1.54, 1.807) is 0 Å². The molecule has 4 rings (SSSR count). The van der Waals surface area contributed by atoms with Gasteiger partial charge in [0.05, 0.1) is 11.1 Å². The average Bonchev–Trinajstić information content (AvgIpc) is 3.22. The van der Waals surface area contributed by atoms with Crippen LogP contribution in [0.1, 0.15) is 55.6 Å². The van der Waals surface area contributed by atoms with Crippen LogP contribution in [0.3, 0.4) is 0 Å². The van der Waals surface area contributed by atoms with Crippen molar-refractivity contribution < 1.29 is 37.3 Å². The van der Waals surface area contributed by atoms with E-state index in [1.807, 2.05) is 0 Å². The van der Waals surface area contributed by atoms with E-state index in [9.17, 15) is 24.5 Å². The van der Waals surface area contributed by atoms with E-state index in [-0.39, 0.29) is 27.8 Å². The Hall–Kier alpha value is -2.87. The number of carboxylic acid groups (broad SMARTS) is 1. The summed E-state index contributed by atoms with van der Waals surface area (Å²) in [6, 6.07) is 2.40. The van der Waals surface area contributed by atoms with Crippen molar-refractivity contribution in [1.29, 1.82) is 5.26 Å². The molecule has 1 saturated heterocycles. The number of rotatable bonds is 7. The minimum atomic E-state index is -4.82. The van der Waals surface area contributed by atoms with Crippen LogP contribution in [0.4, 0.5) is 17.7 Å². The highest BCUT2D eigenvalue weighted by Crippen LogP contribution is 2.58. The van der Waals surface area contributed by atoms with Crippen LogP contribution in [-0.4, -0.2) is 40.1 Å². The van der Waals surface area contributed by atoms with E-state index < -0.39 is 57.8 Å². The first-order chi connectivity index (χ1) is 18.5. The number of hydrogen-bond acceptors (Lipinski definition) is 5. The number of alkyl halides is 2. The second kappa shape index (κ2) is 11.3. The molecule has 4 atom stereocenters. The number of likely N-dealkylation sites (tertiary alicyclic amines) is 1. The van der Waals surface area contributed by atoms with Gasteiger partial charge in [-0.25, -0.2) is 19.0 Å². The fraction of sp³-hybridized carbons (Fsp3) is 0.444. The fourth-order valence-corrected chi connectivity index (χ4v) is 6.64. The van der Waals surface area contributed by atoms with E-state index >= 15 is 13.2 Å². The van der Waals surface area contributed by atoms with Crippen LogP contribution >= 0.6 is 23.2 Å². The zero-order chi connectivity index (χ0) is 28.5. The minimum absolute atomic E-state index is 0.0225. The van der Waals surface area contributed by atoms with Gasteiger partial charge in [0.15, 0.2) is 0 Å². The Bertz CT molecular complexity index is 1280. The number of carbonyl (C=O) groups is 2. The number of carboxylic acids is 1. The van der Waals surface area contributed by atoms with Crippen LogP contribution in [0.25, 0.3) is 0 Å². The first kappa shape index (κ1) is 29.1. The normalized spacial score (nSPS) is 26.2. The van der Waals surface area contributed by atoms with Gasteiger partial charge in [-0.1, -0.05) is 79.6 Å². The number of carbonyl (C=O) groups excluding carboxylic acids is 1. The predicted molar refractivity (Wildman–Crippen MR) is 133 cm³/mol. The number of benzene rings is 2. The highest BCUT2D eigenvalue weighted by atomic mass is 35.5. The largest absolute Gasteiger partial charge is 0.480 e. The lowest BCUT2D eigenvalue weighted by Gasteiger charge is -2.39. The summed E-state index contributed by atoms with van der Waals surface area (Å²) < 4.78 is 60.1. The van der Waals surface area contributed by atoms with Gasteiger partial charge in [-0.3, -0.25) is 4.79 Å². The summed E-state index contributed by atoms with van der Waals surface area (Å²) in [5, 5.41) is 21.0. The first-order valence-electron chi connectivity index (χ1n) is 12.3. The Labute approximate surface area is 232 Å². The Balaban J connectivity index is 2.09. The van der Waals surface area contributed by atoms with Crippen LogP contribution in [0, 0.1) is 23.1 Å². The molecular weight excluding hydrogens is 563 g/mol. The molecule has 2 aromatic carbocycles. The molecular formula is C27H24Cl2F4N2O4. The topological polar surface area (TPSA) is 90.6 Å². The first-order valence-corrected chi connectivity index (χ1v) is 13.1. The summed E-state index contributed by atoms with van der Waals surface area (Å²) in [6.07, 6.45) is 3.57. The summed E-state index contributed by atoms with van der Waals surface area (Å²) in [4.78, 5) is 27.8. The number of halogens is 6. The number of nitriles is 1. The molecule has 0 unspecified atom stereocenters. The van der Waals surface area contributed by atoms with Crippen molar-refractivity contribution in [2.45, 2.75) is 68.0 Å². The van der Waals surface area contributed by atoms with Gasteiger partial charge in [0, 0.05) is 21.5 Å². The minimum Gasteiger partial charge on any atom is -0.480 e. The van der Waals surface area contributed by atoms with Gasteiger partial charge in [-0.15, -0.1) is 0 Å². The molecule has 0 radical (unpaired) electrons. The zero-order valence-electron chi connectivity index (χ0n) is 20.4. The smallest absolute Gasteiger partial charge is 0.434 e. The molecule has 1 saturated carbocycles. The SMILES string of the molecule is N#C[C@]1(c2ccc(Cl)cc2)[C@H](CC2CCCCC2)N(C(F)(F)C(=O)OF)[C@H](C(=O)O)[C@@H]1c1cccc(Cl)c1F. The molecule has 0 bridgehead atoms. The van der Waals surface area contributed by atoms with Gasteiger partial charge in [0.25, 0.3) is 0 Å². The third kappa shape index (κ3) is 4.96. The number of hydrogen-bond donors (Lipinski definition) is 1. The van der Waals surface area contributed by atoms with Crippen molar-refractivity contribution in [3.05, 3.63) is 69.5 Å². The standard InChI is InChI=1S/C27H24Cl2F4N2O4/c28-17-11-9-16(10-12-17)26(14-34)20(13-15-5-2-1-3-6-15)35(27(31,32)25(38)39-33)23(24(36)37)21(26)18-7-4-8-19(29)22(18)30/h4,7-12,15,20-21,23H,1-3,5-6,13H2,(H,36,37)/t20-,21-,23-,26-/m0/s1. The summed E-state index contributed by atoms with van der Waals surface area (Å²) >= 11 is 12.1. The number of aliphatic carboxylic acids is 1. The Morgan fingerprint density at radius 2 is 1.77 bits per heavy atom. The maximum absolute atomic E-state index is 15.8. The molecule has 208 valence electrons. The second-order valence-electron chi connectivity index (χ2n) is 9.96. The van der Waals surface area contributed by atoms with E-state index in [4.69, 9.17) is 23.2 Å². The van der Waals surface area contributed by atoms with Crippen molar-refractivity contribution in [1.82, 2.24) is 4.90 Å². The third-order valence-electron chi connectivity index (χ3n) is 7.97. The molecule has 1 aliphatic carbocycles. The molecule has 0 amide bonds. The Kier molecular flexibility index (Phi) is 8.45. The van der Waals surface area contributed by atoms with Crippen LogP contribution in [0.15, 0.2) is 42.5 Å². The van der Waals surface area contributed by atoms with Crippen molar-refractivity contribution in [3.8, 4) is 6.07 Å². The molecule has 2 aliphatic rings. The molecule has 1 N–H and O–H groups in total. The van der Waals surface area contributed by atoms with E-state index in [1.165, 1.54) is 36.4 Å². The van der Waals surface area contributed by atoms with Crippen molar-refractivity contribution >= 4 is 35.1 Å². The molecule has 0 aromatic heterocycles. The van der Waals surface area contributed by atoms with Crippen molar-refractivity contribution in [3.63, 3.8) is 0 Å². The summed E-state index contributed by atoms with van der Waals surface area (Å²) in [5.41, 5.74) is -2.49. The molecule has 1 heterocycles.